The fraction of sp³-hybridized carbons (Fsp3) is 0.350. The lowest BCUT2D eigenvalue weighted by atomic mass is 10.1. The molecule has 2 N–H and O–H groups in total. The molecule has 0 unspecified atom stereocenters. The molecule has 2 aromatic rings. The highest BCUT2D eigenvalue weighted by molar-refractivity contribution is 6.26. The SMILES string of the molecule is CCOC(=O)C1=C(NC2CCCC2)O/C(=C\c2c[nH]c3ncccc23)C1=O. The number of H-pyrrole nitrogens is 1. The number of ether oxygens (including phenoxy) is 2. The Kier molecular flexibility index (Phi) is 4.66. The molecule has 1 fully saturated rings. The highest BCUT2D eigenvalue weighted by Gasteiger charge is 2.38. The van der Waals surface area contributed by atoms with E-state index in [0.29, 0.717) is 0 Å². The number of hydrogen-bond acceptors (Lipinski definition) is 6. The maximum atomic E-state index is 12.9. The summed E-state index contributed by atoms with van der Waals surface area (Å²) < 4.78 is 10.8. The van der Waals surface area contributed by atoms with E-state index in [1.165, 1.54) is 0 Å². The summed E-state index contributed by atoms with van der Waals surface area (Å²) in [6.45, 7) is 1.90. The molecule has 1 aliphatic carbocycles. The minimum Gasteiger partial charge on any atom is -0.462 e. The Hall–Kier alpha value is -3.09. The molecule has 2 aliphatic rings. The summed E-state index contributed by atoms with van der Waals surface area (Å²) in [5.74, 6) is -0.822. The van der Waals surface area contributed by atoms with Gasteiger partial charge in [0.25, 0.3) is 0 Å². The fourth-order valence-corrected chi connectivity index (χ4v) is 3.51. The molecule has 2 aromatic heterocycles. The Morgan fingerprint density at radius 2 is 2.26 bits per heavy atom. The van der Waals surface area contributed by atoms with Crippen LogP contribution < -0.4 is 5.32 Å². The Morgan fingerprint density at radius 1 is 1.44 bits per heavy atom. The highest BCUT2D eigenvalue weighted by atomic mass is 16.5. The predicted molar refractivity (Wildman–Crippen MR) is 99.2 cm³/mol. The van der Waals surface area contributed by atoms with Crippen LogP contribution in [0.5, 0.6) is 0 Å². The molecule has 0 radical (unpaired) electrons. The number of carbonyl (C=O) groups excluding carboxylic acids is 2. The molecule has 0 amide bonds. The second-order valence-electron chi connectivity index (χ2n) is 6.63. The zero-order valence-electron chi connectivity index (χ0n) is 15.1. The normalized spacial score (nSPS) is 19.1. The molecule has 1 aliphatic heterocycles. The van der Waals surface area contributed by atoms with Crippen molar-refractivity contribution >= 4 is 28.9 Å². The van der Waals surface area contributed by atoms with Gasteiger partial charge in [-0.25, -0.2) is 9.78 Å². The maximum absolute atomic E-state index is 12.9. The van der Waals surface area contributed by atoms with Gasteiger partial charge < -0.3 is 19.8 Å². The molecule has 27 heavy (non-hydrogen) atoms. The largest absolute Gasteiger partial charge is 0.462 e. The van der Waals surface area contributed by atoms with Crippen molar-refractivity contribution in [2.75, 3.05) is 6.61 Å². The lowest BCUT2D eigenvalue weighted by Crippen LogP contribution is -2.27. The summed E-state index contributed by atoms with van der Waals surface area (Å²) >= 11 is 0. The molecule has 0 aromatic carbocycles. The van der Waals surface area contributed by atoms with Crippen LogP contribution in [-0.4, -0.2) is 34.4 Å². The number of aromatic amines is 1. The van der Waals surface area contributed by atoms with Gasteiger partial charge in [0.15, 0.2) is 11.3 Å². The van der Waals surface area contributed by atoms with Crippen molar-refractivity contribution in [3.8, 4) is 0 Å². The topological polar surface area (TPSA) is 93.3 Å². The van der Waals surface area contributed by atoms with Gasteiger partial charge in [-0.1, -0.05) is 12.8 Å². The summed E-state index contributed by atoms with van der Waals surface area (Å²) in [6, 6.07) is 3.93. The molecule has 7 nitrogen and oxygen atoms in total. The zero-order valence-corrected chi connectivity index (χ0v) is 15.1. The van der Waals surface area contributed by atoms with Crippen LogP contribution in [0.1, 0.15) is 38.2 Å². The minimum absolute atomic E-state index is 0.0621. The molecule has 0 atom stereocenters. The number of carbonyl (C=O) groups is 2. The third-order valence-electron chi connectivity index (χ3n) is 4.83. The van der Waals surface area contributed by atoms with E-state index in [1.54, 1.807) is 25.4 Å². The molecule has 0 saturated heterocycles. The van der Waals surface area contributed by atoms with Crippen molar-refractivity contribution < 1.29 is 19.1 Å². The molecule has 7 heteroatoms. The lowest BCUT2D eigenvalue weighted by molar-refractivity contribution is -0.139. The minimum atomic E-state index is -0.660. The van der Waals surface area contributed by atoms with Crippen LogP contribution in [0, 0.1) is 0 Å². The number of fused-ring (bicyclic) bond motifs is 1. The third-order valence-corrected chi connectivity index (χ3v) is 4.83. The van der Waals surface area contributed by atoms with Crippen LogP contribution in [0.3, 0.4) is 0 Å². The van der Waals surface area contributed by atoms with E-state index in [4.69, 9.17) is 9.47 Å². The van der Waals surface area contributed by atoms with E-state index in [9.17, 15) is 9.59 Å². The van der Waals surface area contributed by atoms with E-state index >= 15 is 0 Å². The number of Topliss-reactive ketones (excluding diaryl/α,β-unsaturated/α-hetero) is 1. The van der Waals surface area contributed by atoms with Gasteiger partial charge in [0.1, 0.15) is 5.65 Å². The molecular formula is C20H21N3O4. The first-order valence-corrected chi connectivity index (χ1v) is 9.21. The van der Waals surface area contributed by atoms with Crippen molar-refractivity contribution in [3.05, 3.63) is 47.3 Å². The molecule has 3 heterocycles. The van der Waals surface area contributed by atoms with Crippen molar-refractivity contribution in [3.63, 3.8) is 0 Å². The molecule has 4 rings (SSSR count). The smallest absolute Gasteiger partial charge is 0.347 e. The predicted octanol–water partition coefficient (Wildman–Crippen LogP) is 2.81. The number of nitrogens with zero attached hydrogens (tertiary/aromatic N) is 1. The number of rotatable bonds is 5. The second kappa shape index (κ2) is 7.26. The standard InChI is InChI=1S/C20H21N3O4/c1-2-26-20(25)16-17(24)15(27-19(16)23-13-6-3-4-7-13)10-12-11-22-18-14(12)8-5-9-21-18/h5,8-11,13,23H,2-4,6-7H2,1H3,(H,21,22)/b15-10-. The molecule has 0 spiro atoms. The monoisotopic (exact) mass is 367 g/mol. The van der Waals surface area contributed by atoms with Crippen molar-refractivity contribution in [2.24, 2.45) is 0 Å². The summed E-state index contributed by atoms with van der Waals surface area (Å²) in [5, 5.41) is 4.09. The summed E-state index contributed by atoms with van der Waals surface area (Å²) in [7, 11) is 0. The average Bonchev–Trinajstić information content (AvgIpc) is 3.37. The van der Waals surface area contributed by atoms with Crippen LogP contribution in [0.25, 0.3) is 17.1 Å². The van der Waals surface area contributed by atoms with E-state index in [0.717, 1.165) is 42.3 Å². The number of hydrogen-bond donors (Lipinski definition) is 2. The lowest BCUT2D eigenvalue weighted by Gasteiger charge is -2.14. The Morgan fingerprint density at radius 3 is 3.04 bits per heavy atom. The number of ketones is 1. The third kappa shape index (κ3) is 3.32. The first-order chi connectivity index (χ1) is 13.2. The van der Waals surface area contributed by atoms with Crippen molar-refractivity contribution in [2.45, 2.75) is 38.6 Å². The number of allylic oxidation sites excluding steroid dienone is 1. The van der Waals surface area contributed by atoms with Gasteiger partial charge in [-0.2, -0.15) is 0 Å². The van der Waals surface area contributed by atoms with E-state index in [2.05, 4.69) is 15.3 Å². The van der Waals surface area contributed by atoms with Crippen LogP contribution in [-0.2, 0) is 19.1 Å². The summed E-state index contributed by atoms with van der Waals surface area (Å²) in [4.78, 5) is 32.5. The first-order valence-electron chi connectivity index (χ1n) is 9.21. The van der Waals surface area contributed by atoms with Gasteiger partial charge in [0, 0.05) is 29.4 Å². The maximum Gasteiger partial charge on any atom is 0.347 e. The van der Waals surface area contributed by atoms with Crippen LogP contribution in [0.15, 0.2) is 41.7 Å². The Bertz CT molecular complexity index is 951. The number of aromatic nitrogens is 2. The van der Waals surface area contributed by atoms with E-state index < -0.39 is 11.8 Å². The molecule has 1 saturated carbocycles. The van der Waals surface area contributed by atoms with E-state index in [-0.39, 0.29) is 29.9 Å². The van der Waals surface area contributed by atoms with Gasteiger partial charge in [0.05, 0.1) is 6.61 Å². The van der Waals surface area contributed by atoms with Gasteiger partial charge in [-0.3, -0.25) is 4.79 Å². The van der Waals surface area contributed by atoms with Crippen LogP contribution in [0.4, 0.5) is 0 Å². The number of nitrogens with one attached hydrogen (secondary N) is 2. The molecule has 0 bridgehead atoms. The number of esters is 1. The van der Waals surface area contributed by atoms with Gasteiger partial charge in [-0.05, 0) is 38.0 Å². The van der Waals surface area contributed by atoms with Crippen molar-refractivity contribution in [1.29, 1.82) is 0 Å². The number of pyridine rings is 1. The average molecular weight is 367 g/mol. The van der Waals surface area contributed by atoms with Crippen LogP contribution >= 0.6 is 0 Å². The highest BCUT2D eigenvalue weighted by Crippen LogP contribution is 2.30. The summed E-state index contributed by atoms with van der Waals surface area (Å²) in [5.41, 5.74) is 1.43. The van der Waals surface area contributed by atoms with E-state index in [1.807, 2.05) is 12.1 Å². The summed E-state index contributed by atoms with van der Waals surface area (Å²) in [6.07, 6.45) is 9.31. The zero-order chi connectivity index (χ0) is 18.8. The van der Waals surface area contributed by atoms with Gasteiger partial charge in [0.2, 0.25) is 11.7 Å². The Labute approximate surface area is 156 Å². The first kappa shape index (κ1) is 17.3. The Balaban J connectivity index is 1.66. The van der Waals surface area contributed by atoms with Crippen LogP contribution in [0.2, 0.25) is 0 Å². The fourth-order valence-electron chi connectivity index (χ4n) is 3.51. The molecular weight excluding hydrogens is 346 g/mol. The van der Waals surface area contributed by atoms with Gasteiger partial charge in [-0.15, -0.1) is 0 Å². The second-order valence-corrected chi connectivity index (χ2v) is 6.63. The van der Waals surface area contributed by atoms with Crippen molar-refractivity contribution in [1.82, 2.24) is 15.3 Å². The van der Waals surface area contributed by atoms with Gasteiger partial charge >= 0.3 is 5.97 Å². The molecule has 140 valence electrons. The quantitative estimate of drug-likeness (QED) is 0.480.